The lowest BCUT2D eigenvalue weighted by atomic mass is 9.95. The van der Waals surface area contributed by atoms with Crippen LogP contribution in [0.25, 0.3) is 64.6 Å². The minimum absolute atomic E-state index is 0.856. The number of rotatable bonds is 2. The van der Waals surface area contributed by atoms with Gasteiger partial charge in [-0.05, 0) is 88.9 Å². The molecule has 0 atom stereocenters. The summed E-state index contributed by atoms with van der Waals surface area (Å²) < 4.78 is 6.19. The first-order valence-electron chi connectivity index (χ1n) is 11.4. The maximum Gasteiger partial charge on any atom is 0.128 e. The third-order valence-corrected chi connectivity index (χ3v) is 7.18. The third-order valence-electron chi connectivity index (χ3n) is 7.18. The molecule has 0 spiro atoms. The Kier molecular flexibility index (Phi) is 3.19. The average molecular weight is 418 g/mol. The van der Waals surface area contributed by atoms with Gasteiger partial charge in [0.05, 0.1) is 0 Å². The van der Waals surface area contributed by atoms with Crippen LogP contribution in [0.1, 0.15) is 0 Å². The van der Waals surface area contributed by atoms with Crippen molar-refractivity contribution in [3.05, 3.63) is 109 Å². The molecular formula is C32H18O. The highest BCUT2D eigenvalue weighted by atomic mass is 16.5. The molecule has 0 unspecified atom stereocenters. The second kappa shape index (κ2) is 6.11. The molecule has 0 aliphatic heterocycles. The van der Waals surface area contributed by atoms with E-state index in [0.29, 0.717) is 0 Å². The van der Waals surface area contributed by atoms with Crippen molar-refractivity contribution in [3.63, 3.8) is 0 Å². The van der Waals surface area contributed by atoms with E-state index in [1.54, 1.807) is 0 Å². The van der Waals surface area contributed by atoms with Crippen LogP contribution in [0, 0.1) is 0 Å². The van der Waals surface area contributed by atoms with Crippen molar-refractivity contribution in [2.45, 2.75) is 0 Å². The molecule has 1 nitrogen and oxygen atoms in total. The fourth-order valence-electron chi connectivity index (χ4n) is 5.93. The molecule has 0 radical (unpaired) electrons. The van der Waals surface area contributed by atoms with Gasteiger partial charge in [-0.15, -0.1) is 0 Å². The van der Waals surface area contributed by atoms with Gasteiger partial charge in [0.15, 0.2) is 0 Å². The molecule has 1 heteroatoms. The Bertz CT molecular complexity index is 1980. The fraction of sp³-hybridized carbons (Fsp3) is 0. The lowest BCUT2D eigenvalue weighted by molar-refractivity contribution is 0.483. The predicted octanol–water partition coefficient (Wildman–Crippen LogP) is 9.27. The van der Waals surface area contributed by atoms with Gasteiger partial charge in [-0.3, -0.25) is 0 Å². The van der Waals surface area contributed by atoms with E-state index in [4.69, 9.17) is 4.74 Å². The van der Waals surface area contributed by atoms with E-state index in [0.717, 1.165) is 11.5 Å². The fourth-order valence-corrected chi connectivity index (χ4v) is 5.93. The van der Waals surface area contributed by atoms with Crippen molar-refractivity contribution >= 4 is 64.6 Å². The van der Waals surface area contributed by atoms with Gasteiger partial charge in [0.1, 0.15) is 11.5 Å². The Morgan fingerprint density at radius 2 is 0.788 bits per heavy atom. The van der Waals surface area contributed by atoms with Crippen LogP contribution >= 0.6 is 0 Å². The van der Waals surface area contributed by atoms with Crippen LogP contribution in [-0.4, -0.2) is 0 Å². The molecule has 0 bridgehead atoms. The largest absolute Gasteiger partial charge is 0.457 e. The highest BCUT2D eigenvalue weighted by Gasteiger charge is 2.21. The predicted molar refractivity (Wildman–Crippen MR) is 140 cm³/mol. The first kappa shape index (κ1) is 17.2. The molecule has 8 aromatic carbocycles. The molecule has 0 saturated carbocycles. The smallest absolute Gasteiger partial charge is 0.128 e. The van der Waals surface area contributed by atoms with Crippen LogP contribution in [0.5, 0.6) is 11.5 Å². The first-order valence-corrected chi connectivity index (χ1v) is 11.4. The number of ether oxygens (including phenoxy) is 1. The molecule has 0 N–H and O–H groups in total. The molecule has 0 fully saturated rings. The summed E-state index contributed by atoms with van der Waals surface area (Å²) in [6.07, 6.45) is 0. The maximum atomic E-state index is 6.19. The molecule has 0 amide bonds. The van der Waals surface area contributed by atoms with Gasteiger partial charge < -0.3 is 4.74 Å². The second-order valence-corrected chi connectivity index (χ2v) is 8.87. The first-order chi connectivity index (χ1) is 16.4. The number of fused-ring (bicyclic) bond motifs is 8. The number of hydrogen-bond donors (Lipinski definition) is 0. The molecule has 0 aliphatic carbocycles. The minimum atomic E-state index is 0.856. The summed E-state index contributed by atoms with van der Waals surface area (Å²) in [5.74, 6) is 1.72. The van der Waals surface area contributed by atoms with E-state index < -0.39 is 0 Å². The van der Waals surface area contributed by atoms with Gasteiger partial charge >= 0.3 is 0 Å². The van der Waals surface area contributed by atoms with Crippen LogP contribution in [0.15, 0.2) is 109 Å². The van der Waals surface area contributed by atoms with E-state index in [-0.39, 0.29) is 0 Å². The Hall–Kier alpha value is -4.36. The Morgan fingerprint density at radius 1 is 0.303 bits per heavy atom. The summed E-state index contributed by atoms with van der Waals surface area (Å²) in [5.41, 5.74) is 0. The molecule has 0 aromatic heterocycles. The van der Waals surface area contributed by atoms with E-state index in [1.807, 2.05) is 30.3 Å². The molecular weight excluding hydrogens is 400 g/mol. The normalized spacial score (nSPS) is 12.2. The Morgan fingerprint density at radius 3 is 1.45 bits per heavy atom. The lowest BCUT2D eigenvalue weighted by Gasteiger charge is -2.07. The third kappa shape index (κ3) is 2.16. The highest BCUT2D eigenvalue weighted by molar-refractivity contribution is 6.47. The van der Waals surface area contributed by atoms with Gasteiger partial charge in [-0.2, -0.15) is 0 Å². The van der Waals surface area contributed by atoms with Crippen molar-refractivity contribution in [3.8, 4) is 11.5 Å². The summed E-state index contributed by atoms with van der Waals surface area (Å²) >= 11 is 0. The molecule has 0 heterocycles. The van der Waals surface area contributed by atoms with Crippen molar-refractivity contribution < 1.29 is 4.74 Å². The van der Waals surface area contributed by atoms with Gasteiger partial charge in [0.2, 0.25) is 0 Å². The summed E-state index contributed by atoms with van der Waals surface area (Å²) in [4.78, 5) is 0. The maximum absolute atomic E-state index is 6.19. The van der Waals surface area contributed by atoms with Gasteiger partial charge in [0.25, 0.3) is 0 Å². The monoisotopic (exact) mass is 418 g/mol. The van der Waals surface area contributed by atoms with Gasteiger partial charge in [0, 0.05) is 0 Å². The van der Waals surface area contributed by atoms with E-state index >= 15 is 0 Å². The van der Waals surface area contributed by atoms with Crippen molar-refractivity contribution in [2.24, 2.45) is 0 Å². The Labute approximate surface area is 190 Å². The lowest BCUT2D eigenvalue weighted by Crippen LogP contribution is -1.82. The summed E-state index contributed by atoms with van der Waals surface area (Å²) in [6, 6.07) is 38.9. The highest BCUT2D eigenvalue weighted by Crippen LogP contribution is 2.50. The van der Waals surface area contributed by atoms with Crippen LogP contribution in [0.4, 0.5) is 0 Å². The molecule has 0 saturated heterocycles. The number of hydrogen-bond acceptors (Lipinski definition) is 1. The standard InChI is InChI=1S/C32H18O/c1-2-8-19(9-3-1)33-20-16-17-25-28(18-20)24-13-7-15-26-29-22-11-5-4-10-21(22)23-12-6-14-27(30(23)29)32(25)31(24)26/h1-18H. The van der Waals surface area contributed by atoms with E-state index in [1.165, 1.54) is 64.6 Å². The Balaban J connectivity index is 1.56. The SMILES string of the molecule is c1ccc(Oc2ccc3c(c2)c2cccc4c5c6ccccc6c6cccc(c65)c3c24)cc1. The summed E-state index contributed by atoms with van der Waals surface area (Å²) in [5, 5.41) is 16.0. The summed E-state index contributed by atoms with van der Waals surface area (Å²) in [6.45, 7) is 0. The zero-order valence-corrected chi connectivity index (χ0v) is 17.8. The van der Waals surface area contributed by atoms with E-state index in [9.17, 15) is 0 Å². The quantitative estimate of drug-likeness (QED) is 0.254. The summed E-state index contributed by atoms with van der Waals surface area (Å²) in [7, 11) is 0. The van der Waals surface area contributed by atoms with Gasteiger partial charge in [-0.1, -0.05) is 84.9 Å². The van der Waals surface area contributed by atoms with Crippen LogP contribution in [0.3, 0.4) is 0 Å². The van der Waals surface area contributed by atoms with Crippen LogP contribution in [-0.2, 0) is 0 Å². The molecule has 8 rings (SSSR count). The van der Waals surface area contributed by atoms with Crippen molar-refractivity contribution in [1.29, 1.82) is 0 Å². The molecule has 33 heavy (non-hydrogen) atoms. The van der Waals surface area contributed by atoms with Crippen molar-refractivity contribution in [1.82, 2.24) is 0 Å². The van der Waals surface area contributed by atoms with Crippen LogP contribution < -0.4 is 4.74 Å². The zero-order chi connectivity index (χ0) is 21.5. The molecule has 152 valence electrons. The number of para-hydroxylation sites is 1. The van der Waals surface area contributed by atoms with E-state index in [2.05, 4.69) is 78.9 Å². The average Bonchev–Trinajstić information content (AvgIpc) is 3.38. The second-order valence-electron chi connectivity index (χ2n) is 8.87. The zero-order valence-electron chi connectivity index (χ0n) is 17.8. The minimum Gasteiger partial charge on any atom is -0.457 e. The molecule has 8 aromatic rings. The van der Waals surface area contributed by atoms with Crippen molar-refractivity contribution in [2.75, 3.05) is 0 Å². The molecule has 0 aliphatic rings. The van der Waals surface area contributed by atoms with Gasteiger partial charge in [-0.25, -0.2) is 0 Å². The number of benzene rings is 6. The van der Waals surface area contributed by atoms with Crippen LogP contribution in [0.2, 0.25) is 0 Å². The topological polar surface area (TPSA) is 9.23 Å².